The minimum absolute atomic E-state index is 0.0427. The topological polar surface area (TPSA) is 246 Å². The number of hydrogen-bond donors (Lipinski definition) is 5. The number of ether oxygens (including phenoxy) is 7. The number of aliphatic hydroxyl groups excluding tert-OH is 2. The zero-order valence-corrected chi connectivity index (χ0v) is 47.9. The van der Waals surface area contributed by atoms with Crippen molar-refractivity contribution >= 4 is 16.0 Å². The summed E-state index contributed by atoms with van der Waals surface area (Å²) in [4.78, 5) is 18.6. The van der Waals surface area contributed by atoms with Crippen LogP contribution in [0.15, 0.2) is 30.5 Å². The van der Waals surface area contributed by atoms with Crippen LogP contribution in [0.25, 0.3) is 0 Å². The van der Waals surface area contributed by atoms with Crippen LogP contribution < -0.4 is 4.72 Å². The lowest BCUT2D eigenvalue weighted by Crippen LogP contribution is -2.59. The van der Waals surface area contributed by atoms with Gasteiger partial charge in [0.1, 0.15) is 42.7 Å². The number of aromatic nitrogens is 3. The molecule has 3 aliphatic heterocycles. The molecule has 0 amide bonds. The van der Waals surface area contributed by atoms with E-state index in [0.29, 0.717) is 43.6 Å². The van der Waals surface area contributed by atoms with Crippen molar-refractivity contribution < 1.29 is 71.2 Å². The first-order valence-electron chi connectivity index (χ1n) is 26.6. The predicted octanol–water partition coefficient (Wildman–Crippen LogP) is 4.08. The third kappa shape index (κ3) is 15.9. The smallest absolute Gasteiger partial charge is 0.311 e. The van der Waals surface area contributed by atoms with Gasteiger partial charge in [-0.15, -0.1) is 5.10 Å². The molecule has 3 fully saturated rings. The van der Waals surface area contributed by atoms with Crippen molar-refractivity contribution in [2.75, 3.05) is 54.3 Å². The number of sulfonamides is 1. The van der Waals surface area contributed by atoms with Crippen molar-refractivity contribution in [2.45, 2.75) is 211 Å². The summed E-state index contributed by atoms with van der Waals surface area (Å²) in [6, 6.07) is 5.66. The Labute approximate surface area is 445 Å². The Hall–Kier alpha value is -2.81. The third-order valence-electron chi connectivity index (χ3n) is 16.3. The molecule has 430 valence electrons. The summed E-state index contributed by atoms with van der Waals surface area (Å²) in [6.07, 6.45) is -3.87. The number of esters is 1. The zero-order chi connectivity index (χ0) is 56.0. The van der Waals surface area contributed by atoms with E-state index in [4.69, 9.17) is 33.2 Å². The lowest BCUT2D eigenvalue weighted by atomic mass is 9.77. The molecule has 0 spiro atoms. The number of methoxy groups -OCH3 is 2. The fourth-order valence-corrected chi connectivity index (χ4v) is 12.0. The monoisotopic (exact) mass is 1090 g/mol. The van der Waals surface area contributed by atoms with Gasteiger partial charge in [0, 0.05) is 77.3 Å². The van der Waals surface area contributed by atoms with Crippen LogP contribution in [-0.2, 0) is 60.9 Å². The molecule has 0 saturated carbocycles. The molecule has 5 rings (SSSR count). The van der Waals surface area contributed by atoms with E-state index in [2.05, 4.69) is 19.9 Å². The number of likely N-dealkylation sites (N-methyl/N-ethyl adjacent to an activating group) is 2. The van der Waals surface area contributed by atoms with E-state index in [0.717, 1.165) is 11.8 Å². The van der Waals surface area contributed by atoms with Gasteiger partial charge in [-0.1, -0.05) is 50.3 Å². The maximum Gasteiger partial charge on any atom is 0.311 e. The SMILES string of the molecule is CC[C@H]1OC(=O)[C@H](C)[C@@H](O[C@H]2C[C@@](C)(OC)[C@@H](O)[C@H](C)O2)[C@H](C)[C@@H](O[C@H]2C[C@@H](N(C)CCc3cn([C@H](CF)[C@H](OC)c4ccc(CNS(C)(=O)=O)cc4)nn3)C[C@@H](C)O2)[C@](C)(O)C[C@@H](C)CN(C)[C@H](C)[C@@H](O)[C@]1(C)O. The van der Waals surface area contributed by atoms with Gasteiger partial charge in [0.05, 0.1) is 53.5 Å². The Morgan fingerprint density at radius 3 is 2.24 bits per heavy atom. The van der Waals surface area contributed by atoms with E-state index in [1.165, 1.54) is 25.8 Å². The molecule has 20 nitrogen and oxygen atoms in total. The molecule has 1 aromatic heterocycles. The first kappa shape index (κ1) is 63.0. The average Bonchev–Trinajstić information content (AvgIpc) is 3.82. The quantitative estimate of drug-likeness (QED) is 0.132. The van der Waals surface area contributed by atoms with E-state index in [1.54, 1.807) is 72.0 Å². The largest absolute Gasteiger partial charge is 0.459 e. The Balaban J connectivity index is 1.39. The highest BCUT2D eigenvalue weighted by Crippen LogP contribution is 2.40. The lowest BCUT2D eigenvalue weighted by molar-refractivity contribution is -0.308. The molecule has 4 heterocycles. The Kier molecular flexibility index (Phi) is 22.2. The number of cyclic esters (lactones) is 1. The average molecular weight is 1090 g/mol. The Bertz CT molecular complexity index is 2210. The maximum atomic E-state index is 14.8. The van der Waals surface area contributed by atoms with Crippen LogP contribution in [0.4, 0.5) is 4.39 Å². The summed E-state index contributed by atoms with van der Waals surface area (Å²) < 4.78 is 86.4. The highest BCUT2D eigenvalue weighted by atomic mass is 32.2. The molecule has 0 unspecified atom stereocenters. The standard InChI is InChI=1S/C53H91FN6O14S/c1-16-42-53(10,65)47(61)35(6)59(12)29-31(2)25-51(8,64)49(33(4)45(34(5)50(63)72-42)73-44-26-52(9,69-14)48(62)36(7)71-44)74-43-24-40(23-32(3)70-43)58(11)22-21-39-30-60(57-56-39)41(27-54)46(68-13)38-19-17-37(18-20-38)28-55-75(15,66)67/h17-20,30-36,40-49,55,61-62,64-65H,16,21-29H2,1-15H3/t31-,32-,33+,34-,35-,36+,40+,41-,42-,43+,44+,45+,46-,47-,48+,49-,51-,52-,53-/m1/s1. The molecule has 0 radical (unpaired) electrons. The summed E-state index contributed by atoms with van der Waals surface area (Å²) in [6.45, 7) is 18.1. The number of hydrogen-bond acceptors (Lipinski definition) is 18. The maximum absolute atomic E-state index is 14.8. The summed E-state index contributed by atoms with van der Waals surface area (Å²) in [5.74, 6) is -2.62. The van der Waals surface area contributed by atoms with Crippen LogP contribution in [0.1, 0.15) is 130 Å². The molecule has 0 bridgehead atoms. The van der Waals surface area contributed by atoms with Crippen molar-refractivity contribution in [1.29, 1.82) is 0 Å². The fourth-order valence-electron chi connectivity index (χ4n) is 11.5. The van der Waals surface area contributed by atoms with Gasteiger partial charge >= 0.3 is 5.97 Å². The van der Waals surface area contributed by atoms with Gasteiger partial charge in [0.25, 0.3) is 0 Å². The number of carbonyl (C=O) groups excluding carboxylic acids is 1. The van der Waals surface area contributed by atoms with Gasteiger partial charge in [-0.05, 0) is 98.9 Å². The van der Waals surface area contributed by atoms with Crippen molar-refractivity contribution in [3.05, 3.63) is 47.3 Å². The second kappa shape index (κ2) is 26.4. The van der Waals surface area contributed by atoms with Crippen LogP contribution >= 0.6 is 0 Å². The molecule has 22 heteroatoms. The Morgan fingerprint density at radius 1 is 0.973 bits per heavy atom. The van der Waals surface area contributed by atoms with E-state index in [1.807, 2.05) is 39.8 Å². The molecule has 3 aliphatic rings. The minimum Gasteiger partial charge on any atom is -0.459 e. The molecule has 19 atom stereocenters. The van der Waals surface area contributed by atoms with Gasteiger partial charge in [-0.3, -0.25) is 4.79 Å². The van der Waals surface area contributed by atoms with Crippen LogP contribution in [0.5, 0.6) is 0 Å². The molecular formula is C53H91FN6O14S. The number of carbonyl (C=O) groups is 1. The van der Waals surface area contributed by atoms with Gasteiger partial charge in [0.2, 0.25) is 10.0 Å². The Morgan fingerprint density at radius 2 is 1.64 bits per heavy atom. The number of nitrogens with zero attached hydrogens (tertiary/aromatic N) is 5. The van der Waals surface area contributed by atoms with Crippen LogP contribution in [-0.4, -0.2) is 198 Å². The van der Waals surface area contributed by atoms with E-state index in [-0.39, 0.29) is 43.9 Å². The number of aliphatic hydroxyl groups is 4. The highest BCUT2D eigenvalue weighted by molar-refractivity contribution is 7.88. The second-order valence-electron chi connectivity index (χ2n) is 22.7. The summed E-state index contributed by atoms with van der Waals surface area (Å²) >= 11 is 0. The molecule has 2 aromatic rings. The van der Waals surface area contributed by atoms with E-state index < -0.39 is 119 Å². The van der Waals surface area contributed by atoms with Crippen molar-refractivity contribution in [3.8, 4) is 0 Å². The molecule has 1 aromatic carbocycles. The van der Waals surface area contributed by atoms with Gasteiger partial charge in [0.15, 0.2) is 12.6 Å². The molecule has 75 heavy (non-hydrogen) atoms. The predicted molar refractivity (Wildman–Crippen MR) is 278 cm³/mol. The molecule has 5 N–H and O–H groups in total. The molecular weight excluding hydrogens is 996 g/mol. The number of nitrogens with one attached hydrogen (secondary N) is 1. The number of rotatable bonds is 18. The summed E-state index contributed by atoms with van der Waals surface area (Å²) in [7, 11) is 3.49. The van der Waals surface area contributed by atoms with Gasteiger partial charge < -0.3 is 63.4 Å². The summed E-state index contributed by atoms with van der Waals surface area (Å²) in [5.41, 5.74) is -2.36. The highest BCUT2D eigenvalue weighted by Gasteiger charge is 2.52. The molecule has 0 aliphatic carbocycles. The third-order valence-corrected chi connectivity index (χ3v) is 16.9. The number of alkyl halides is 1. The first-order valence-corrected chi connectivity index (χ1v) is 28.5. The van der Waals surface area contributed by atoms with Crippen molar-refractivity contribution in [2.24, 2.45) is 17.8 Å². The number of benzene rings is 1. The van der Waals surface area contributed by atoms with Gasteiger partial charge in [-0.2, -0.15) is 0 Å². The van der Waals surface area contributed by atoms with Crippen molar-refractivity contribution in [3.63, 3.8) is 0 Å². The minimum atomic E-state index is -3.37. The van der Waals surface area contributed by atoms with E-state index in [9.17, 15) is 38.0 Å². The zero-order valence-electron chi connectivity index (χ0n) is 47.1. The summed E-state index contributed by atoms with van der Waals surface area (Å²) in [5, 5.41) is 56.2. The lowest BCUT2D eigenvalue weighted by Gasteiger charge is -2.48. The van der Waals surface area contributed by atoms with Crippen LogP contribution in [0, 0.1) is 17.8 Å². The second-order valence-corrected chi connectivity index (χ2v) is 24.6. The van der Waals surface area contributed by atoms with Crippen LogP contribution in [0.3, 0.4) is 0 Å². The van der Waals surface area contributed by atoms with E-state index >= 15 is 0 Å². The fraction of sp³-hybridized carbons (Fsp3) is 0.830. The normalized spacial score (nSPS) is 38.1. The van der Waals surface area contributed by atoms with Crippen LogP contribution in [0.2, 0.25) is 0 Å². The van der Waals surface area contributed by atoms with Crippen molar-refractivity contribution in [1.82, 2.24) is 29.5 Å². The van der Waals surface area contributed by atoms with Gasteiger partial charge in [-0.25, -0.2) is 22.2 Å². The number of halogens is 1. The molecule has 3 saturated heterocycles. The first-order chi connectivity index (χ1) is 35.0.